The van der Waals surface area contributed by atoms with Gasteiger partial charge in [0.25, 0.3) is 0 Å². The molecule has 2 aromatic heterocycles. The average Bonchev–Trinajstić information content (AvgIpc) is 3.07. The third-order valence-corrected chi connectivity index (χ3v) is 5.16. The molecule has 152 valence electrons. The number of halogens is 1. The largest absolute Gasteiger partial charge is 0.450 e. The maximum atomic E-state index is 13.3. The summed E-state index contributed by atoms with van der Waals surface area (Å²) >= 11 is 0. The van der Waals surface area contributed by atoms with Crippen LogP contribution in [0.25, 0.3) is 11.0 Å². The highest BCUT2D eigenvalue weighted by molar-refractivity contribution is 5.77. The standard InChI is InChI=1S/C21H24FN5O2/c1-2-29-21(28)26-11-8-17(9-12-26)24-20-25-18-13-23-10-7-19(18)27(20)14-15-3-5-16(22)6-4-15/h3-7,10,13,17H,2,8-9,11-12,14H2,1H3,(H,24,25). The van der Waals surface area contributed by atoms with E-state index in [1.54, 1.807) is 29.4 Å². The Hall–Kier alpha value is -3.16. The lowest BCUT2D eigenvalue weighted by molar-refractivity contribution is 0.0983. The van der Waals surface area contributed by atoms with Gasteiger partial charge in [-0.2, -0.15) is 0 Å². The van der Waals surface area contributed by atoms with Crippen molar-refractivity contribution in [3.05, 3.63) is 54.1 Å². The van der Waals surface area contributed by atoms with Crippen molar-refractivity contribution in [1.29, 1.82) is 0 Å². The number of rotatable bonds is 5. The van der Waals surface area contributed by atoms with E-state index in [0.717, 1.165) is 35.4 Å². The number of aromatic nitrogens is 3. The molecule has 0 radical (unpaired) electrons. The number of amides is 1. The van der Waals surface area contributed by atoms with Gasteiger partial charge in [-0.05, 0) is 43.5 Å². The van der Waals surface area contributed by atoms with E-state index in [0.29, 0.717) is 26.2 Å². The van der Waals surface area contributed by atoms with Crippen LogP contribution in [0.4, 0.5) is 15.1 Å². The van der Waals surface area contributed by atoms with Gasteiger partial charge in [-0.25, -0.2) is 14.2 Å². The fourth-order valence-corrected chi connectivity index (χ4v) is 3.63. The van der Waals surface area contributed by atoms with E-state index in [2.05, 4.69) is 14.9 Å². The van der Waals surface area contributed by atoms with Crippen molar-refractivity contribution in [2.45, 2.75) is 32.4 Å². The topological polar surface area (TPSA) is 72.3 Å². The monoisotopic (exact) mass is 397 g/mol. The summed E-state index contributed by atoms with van der Waals surface area (Å²) in [5, 5.41) is 3.53. The minimum atomic E-state index is -0.250. The molecule has 0 unspecified atom stereocenters. The summed E-state index contributed by atoms with van der Waals surface area (Å²) in [6.45, 7) is 4.07. The van der Waals surface area contributed by atoms with Gasteiger partial charge in [0.15, 0.2) is 0 Å². The number of imidazole rings is 1. The molecule has 0 atom stereocenters. The lowest BCUT2D eigenvalue weighted by atomic mass is 10.1. The van der Waals surface area contributed by atoms with Crippen molar-refractivity contribution >= 4 is 23.1 Å². The zero-order valence-electron chi connectivity index (χ0n) is 16.3. The molecule has 1 aliphatic heterocycles. The predicted octanol–water partition coefficient (Wildman–Crippen LogP) is 3.65. The molecular weight excluding hydrogens is 373 g/mol. The van der Waals surface area contributed by atoms with Crippen LogP contribution in [0.3, 0.4) is 0 Å². The van der Waals surface area contributed by atoms with E-state index in [1.165, 1.54) is 12.1 Å². The number of nitrogens with one attached hydrogen (secondary N) is 1. The molecule has 1 N–H and O–H groups in total. The molecule has 0 saturated carbocycles. The van der Waals surface area contributed by atoms with Crippen LogP contribution in [0.5, 0.6) is 0 Å². The van der Waals surface area contributed by atoms with Gasteiger partial charge in [-0.1, -0.05) is 12.1 Å². The number of carbonyl (C=O) groups is 1. The molecule has 1 aliphatic rings. The summed E-state index contributed by atoms with van der Waals surface area (Å²) in [4.78, 5) is 22.5. The SMILES string of the molecule is CCOC(=O)N1CCC(Nc2nc3cnccc3n2Cc2ccc(F)cc2)CC1. The number of pyridine rings is 1. The summed E-state index contributed by atoms with van der Waals surface area (Å²) < 4.78 is 20.4. The predicted molar refractivity (Wildman–Crippen MR) is 108 cm³/mol. The zero-order valence-corrected chi connectivity index (χ0v) is 16.3. The number of likely N-dealkylation sites (tertiary alicyclic amines) is 1. The summed E-state index contributed by atoms with van der Waals surface area (Å²) in [5.74, 6) is 0.507. The Morgan fingerprint density at radius 2 is 2.00 bits per heavy atom. The molecule has 8 heteroatoms. The molecule has 0 aliphatic carbocycles. The highest BCUT2D eigenvalue weighted by Crippen LogP contribution is 2.23. The van der Waals surface area contributed by atoms with E-state index in [9.17, 15) is 9.18 Å². The molecular formula is C21H24FN5O2. The fourth-order valence-electron chi connectivity index (χ4n) is 3.63. The van der Waals surface area contributed by atoms with Crippen LogP contribution in [-0.4, -0.2) is 51.3 Å². The van der Waals surface area contributed by atoms with Crippen molar-refractivity contribution in [2.24, 2.45) is 0 Å². The minimum Gasteiger partial charge on any atom is -0.450 e. The second-order valence-corrected chi connectivity index (χ2v) is 7.12. The first-order valence-electron chi connectivity index (χ1n) is 9.87. The smallest absolute Gasteiger partial charge is 0.409 e. The summed E-state index contributed by atoms with van der Waals surface area (Å²) in [6.07, 6.45) is 4.87. The summed E-state index contributed by atoms with van der Waals surface area (Å²) in [7, 11) is 0. The van der Waals surface area contributed by atoms with Gasteiger partial charge in [0.1, 0.15) is 11.3 Å². The molecule has 1 fully saturated rings. The number of anilines is 1. The van der Waals surface area contributed by atoms with Crippen LogP contribution in [0.15, 0.2) is 42.7 Å². The lowest BCUT2D eigenvalue weighted by Gasteiger charge is -2.31. The molecule has 4 rings (SSSR count). The van der Waals surface area contributed by atoms with Crippen LogP contribution in [0.2, 0.25) is 0 Å². The van der Waals surface area contributed by atoms with Gasteiger partial charge in [0, 0.05) is 25.3 Å². The van der Waals surface area contributed by atoms with Gasteiger partial charge in [-0.15, -0.1) is 0 Å². The first-order valence-corrected chi connectivity index (χ1v) is 9.87. The molecule has 1 aromatic carbocycles. The van der Waals surface area contributed by atoms with Crippen molar-refractivity contribution in [3.8, 4) is 0 Å². The van der Waals surface area contributed by atoms with Gasteiger partial charge >= 0.3 is 6.09 Å². The number of carbonyl (C=O) groups excluding carboxylic acids is 1. The Labute approximate surface area is 168 Å². The van der Waals surface area contributed by atoms with E-state index >= 15 is 0 Å². The zero-order chi connectivity index (χ0) is 20.2. The Morgan fingerprint density at radius 3 is 2.72 bits per heavy atom. The second kappa shape index (κ2) is 8.46. The highest BCUT2D eigenvalue weighted by atomic mass is 19.1. The van der Waals surface area contributed by atoms with E-state index in [4.69, 9.17) is 9.72 Å². The number of benzene rings is 1. The van der Waals surface area contributed by atoms with Crippen LogP contribution >= 0.6 is 0 Å². The van der Waals surface area contributed by atoms with Crippen molar-refractivity contribution in [3.63, 3.8) is 0 Å². The Balaban J connectivity index is 1.51. The maximum Gasteiger partial charge on any atom is 0.409 e. The molecule has 1 amide bonds. The number of hydrogen-bond donors (Lipinski definition) is 1. The van der Waals surface area contributed by atoms with Crippen LogP contribution in [0.1, 0.15) is 25.3 Å². The first kappa shape index (κ1) is 19.2. The molecule has 0 spiro atoms. The quantitative estimate of drug-likeness (QED) is 0.712. The van der Waals surface area contributed by atoms with Gasteiger partial charge in [0.05, 0.1) is 24.9 Å². The number of piperidine rings is 1. The van der Waals surface area contributed by atoms with Gasteiger partial charge in [0.2, 0.25) is 5.95 Å². The van der Waals surface area contributed by atoms with Crippen molar-refractivity contribution in [2.75, 3.05) is 25.0 Å². The third kappa shape index (κ3) is 4.31. The molecule has 1 saturated heterocycles. The van der Waals surface area contributed by atoms with Crippen LogP contribution < -0.4 is 5.32 Å². The molecule has 7 nitrogen and oxygen atoms in total. The van der Waals surface area contributed by atoms with Crippen molar-refractivity contribution < 1.29 is 13.9 Å². The van der Waals surface area contributed by atoms with Crippen LogP contribution in [-0.2, 0) is 11.3 Å². The van der Waals surface area contributed by atoms with Crippen molar-refractivity contribution in [1.82, 2.24) is 19.4 Å². The summed E-state index contributed by atoms with van der Waals surface area (Å²) in [5.41, 5.74) is 2.76. The Bertz CT molecular complexity index is 980. The Morgan fingerprint density at radius 1 is 1.24 bits per heavy atom. The minimum absolute atomic E-state index is 0.206. The van der Waals surface area contributed by atoms with E-state index in [1.807, 2.05) is 13.0 Å². The molecule has 3 aromatic rings. The molecule has 3 heterocycles. The maximum absolute atomic E-state index is 13.3. The number of hydrogen-bond acceptors (Lipinski definition) is 5. The fraction of sp³-hybridized carbons (Fsp3) is 0.381. The number of ether oxygens (including phenoxy) is 1. The van der Waals surface area contributed by atoms with Crippen LogP contribution in [0, 0.1) is 5.82 Å². The lowest BCUT2D eigenvalue weighted by Crippen LogP contribution is -2.42. The highest BCUT2D eigenvalue weighted by Gasteiger charge is 2.25. The number of fused-ring (bicyclic) bond motifs is 1. The normalized spacial score (nSPS) is 14.9. The van der Waals surface area contributed by atoms with E-state index < -0.39 is 0 Å². The van der Waals surface area contributed by atoms with Gasteiger partial charge < -0.3 is 19.5 Å². The number of nitrogens with zero attached hydrogens (tertiary/aromatic N) is 4. The molecule has 29 heavy (non-hydrogen) atoms. The average molecular weight is 397 g/mol. The first-order chi connectivity index (χ1) is 14.1. The van der Waals surface area contributed by atoms with E-state index in [-0.39, 0.29) is 18.0 Å². The molecule has 0 bridgehead atoms. The van der Waals surface area contributed by atoms with Gasteiger partial charge in [-0.3, -0.25) is 4.98 Å². The Kier molecular flexibility index (Phi) is 5.59. The third-order valence-electron chi connectivity index (χ3n) is 5.16. The second-order valence-electron chi connectivity index (χ2n) is 7.12. The summed E-state index contributed by atoms with van der Waals surface area (Å²) in [6, 6.07) is 8.63.